The van der Waals surface area contributed by atoms with Gasteiger partial charge in [0, 0.05) is 30.5 Å². The molecule has 0 spiro atoms. The van der Waals surface area contributed by atoms with Crippen molar-refractivity contribution in [2.45, 2.75) is 25.1 Å². The second-order valence-corrected chi connectivity index (χ2v) is 6.24. The quantitative estimate of drug-likeness (QED) is 0.840. The fraction of sp³-hybridized carbons (Fsp3) is 0.316. The molecule has 2 aromatic carbocycles. The highest BCUT2D eigenvalue weighted by Gasteiger charge is 2.30. The minimum absolute atomic E-state index is 0.204. The van der Waals surface area contributed by atoms with Crippen LogP contribution in [-0.4, -0.2) is 25.2 Å². The van der Waals surface area contributed by atoms with Crippen LogP contribution < -0.4 is 15.5 Å². The van der Waals surface area contributed by atoms with E-state index >= 15 is 0 Å². The molecule has 0 saturated carbocycles. The van der Waals surface area contributed by atoms with Crippen LogP contribution >= 0.6 is 0 Å². The summed E-state index contributed by atoms with van der Waals surface area (Å²) in [5, 5.41) is 5.37. The molecule has 26 heavy (non-hydrogen) atoms. The Kier molecular flexibility index (Phi) is 5.35. The predicted octanol–water partition coefficient (Wildman–Crippen LogP) is 4.50. The van der Waals surface area contributed by atoms with Crippen LogP contribution in [0.3, 0.4) is 0 Å². The van der Waals surface area contributed by atoms with E-state index in [1.807, 2.05) is 30.3 Å². The number of amides is 2. The van der Waals surface area contributed by atoms with Gasteiger partial charge in [-0.2, -0.15) is 13.2 Å². The Hall–Kier alpha value is -2.70. The number of urea groups is 1. The van der Waals surface area contributed by atoms with Gasteiger partial charge in [-0.25, -0.2) is 4.79 Å². The van der Waals surface area contributed by atoms with Crippen LogP contribution in [0.1, 0.15) is 18.4 Å². The zero-order chi connectivity index (χ0) is 18.6. The molecule has 1 fully saturated rings. The topological polar surface area (TPSA) is 44.4 Å². The first kappa shape index (κ1) is 18.1. The van der Waals surface area contributed by atoms with E-state index in [1.54, 1.807) is 0 Å². The highest BCUT2D eigenvalue weighted by molar-refractivity contribution is 5.89. The van der Waals surface area contributed by atoms with Gasteiger partial charge in [0.2, 0.25) is 0 Å². The maximum absolute atomic E-state index is 12.5. The van der Waals surface area contributed by atoms with Crippen LogP contribution in [0.15, 0.2) is 54.6 Å². The summed E-state index contributed by atoms with van der Waals surface area (Å²) in [5.41, 5.74) is 0.703. The van der Waals surface area contributed by atoms with Crippen LogP contribution in [0.2, 0.25) is 0 Å². The summed E-state index contributed by atoms with van der Waals surface area (Å²) in [7, 11) is 0. The maximum atomic E-state index is 12.5. The van der Waals surface area contributed by atoms with Crippen molar-refractivity contribution >= 4 is 17.4 Å². The van der Waals surface area contributed by atoms with Crippen molar-refractivity contribution in [3.63, 3.8) is 0 Å². The van der Waals surface area contributed by atoms with E-state index in [-0.39, 0.29) is 6.04 Å². The molecular weight excluding hydrogens is 343 g/mol. The standard InChI is InChI=1S/C19H20F3N3O/c20-19(21,22)14-8-10-15(11-9-14)24-18(26)23-13-17-7-4-12-25(17)16-5-2-1-3-6-16/h1-3,5-6,8-11,17H,4,7,12-13H2,(H2,23,24,26)/t17-/m1/s1. The smallest absolute Gasteiger partial charge is 0.367 e. The molecule has 7 heteroatoms. The number of alkyl halides is 3. The number of nitrogens with one attached hydrogen (secondary N) is 2. The van der Waals surface area contributed by atoms with Crippen LogP contribution in [0.4, 0.5) is 29.3 Å². The van der Waals surface area contributed by atoms with Gasteiger partial charge in [0.25, 0.3) is 0 Å². The van der Waals surface area contributed by atoms with E-state index in [0.717, 1.165) is 37.2 Å². The summed E-state index contributed by atoms with van der Waals surface area (Å²) in [6.07, 6.45) is -2.35. The molecule has 2 aromatic rings. The first-order chi connectivity index (χ1) is 12.4. The van der Waals surface area contributed by atoms with Gasteiger partial charge in [-0.15, -0.1) is 0 Å². The fourth-order valence-corrected chi connectivity index (χ4v) is 3.14. The Morgan fingerprint density at radius 1 is 1.08 bits per heavy atom. The van der Waals surface area contributed by atoms with Crippen molar-refractivity contribution in [1.29, 1.82) is 0 Å². The summed E-state index contributed by atoms with van der Waals surface area (Å²) in [4.78, 5) is 14.3. The Morgan fingerprint density at radius 3 is 2.42 bits per heavy atom. The average Bonchev–Trinajstić information content (AvgIpc) is 3.09. The lowest BCUT2D eigenvalue weighted by Gasteiger charge is -2.27. The third-order valence-electron chi connectivity index (χ3n) is 4.43. The van der Waals surface area contributed by atoms with Crippen molar-refractivity contribution in [2.75, 3.05) is 23.3 Å². The van der Waals surface area contributed by atoms with Gasteiger partial charge < -0.3 is 15.5 Å². The number of hydrogen-bond donors (Lipinski definition) is 2. The Morgan fingerprint density at radius 2 is 1.77 bits per heavy atom. The van der Waals surface area contributed by atoms with Crippen LogP contribution in [-0.2, 0) is 6.18 Å². The number of para-hydroxylation sites is 1. The number of carbonyl (C=O) groups excluding carboxylic acids is 1. The summed E-state index contributed by atoms with van der Waals surface area (Å²) in [6.45, 7) is 1.41. The summed E-state index contributed by atoms with van der Waals surface area (Å²) >= 11 is 0. The van der Waals surface area contributed by atoms with E-state index in [2.05, 4.69) is 15.5 Å². The number of benzene rings is 2. The predicted molar refractivity (Wildman–Crippen MR) is 95.3 cm³/mol. The lowest BCUT2D eigenvalue weighted by molar-refractivity contribution is -0.137. The minimum atomic E-state index is -4.38. The van der Waals surface area contributed by atoms with E-state index in [0.29, 0.717) is 12.2 Å². The molecule has 1 aliphatic heterocycles. The van der Waals surface area contributed by atoms with E-state index in [4.69, 9.17) is 0 Å². The molecular formula is C19H20F3N3O. The molecule has 3 rings (SSSR count). The van der Waals surface area contributed by atoms with Crippen molar-refractivity contribution in [3.05, 3.63) is 60.2 Å². The number of nitrogens with zero attached hydrogens (tertiary/aromatic N) is 1. The van der Waals surface area contributed by atoms with Gasteiger partial charge >= 0.3 is 12.2 Å². The summed E-state index contributed by atoms with van der Waals surface area (Å²) in [6, 6.07) is 14.2. The summed E-state index contributed by atoms with van der Waals surface area (Å²) in [5.74, 6) is 0. The molecule has 138 valence electrons. The molecule has 1 heterocycles. The largest absolute Gasteiger partial charge is 0.416 e. The zero-order valence-corrected chi connectivity index (χ0v) is 14.1. The molecule has 1 saturated heterocycles. The lowest BCUT2D eigenvalue weighted by Crippen LogP contribution is -2.41. The molecule has 0 aromatic heterocycles. The Bertz CT molecular complexity index is 732. The number of rotatable bonds is 4. The van der Waals surface area contributed by atoms with Gasteiger partial charge in [-0.3, -0.25) is 0 Å². The molecule has 2 N–H and O–H groups in total. The minimum Gasteiger partial charge on any atom is -0.367 e. The molecule has 4 nitrogen and oxygen atoms in total. The second-order valence-electron chi connectivity index (χ2n) is 6.24. The van der Waals surface area contributed by atoms with Gasteiger partial charge in [0.1, 0.15) is 0 Å². The van der Waals surface area contributed by atoms with Crippen molar-refractivity contribution in [1.82, 2.24) is 5.32 Å². The Labute approximate surface area is 150 Å². The van der Waals surface area contributed by atoms with Crippen LogP contribution in [0.25, 0.3) is 0 Å². The molecule has 1 atom stereocenters. The maximum Gasteiger partial charge on any atom is 0.416 e. The van der Waals surface area contributed by atoms with Gasteiger partial charge in [-0.05, 0) is 49.2 Å². The van der Waals surface area contributed by atoms with E-state index in [9.17, 15) is 18.0 Å². The number of hydrogen-bond acceptors (Lipinski definition) is 2. The normalized spacial score (nSPS) is 17.2. The van der Waals surface area contributed by atoms with E-state index in [1.165, 1.54) is 12.1 Å². The van der Waals surface area contributed by atoms with Gasteiger partial charge in [-0.1, -0.05) is 18.2 Å². The van der Waals surface area contributed by atoms with Crippen molar-refractivity contribution in [3.8, 4) is 0 Å². The summed E-state index contributed by atoms with van der Waals surface area (Å²) < 4.78 is 37.6. The number of carbonyl (C=O) groups is 1. The second kappa shape index (κ2) is 7.68. The molecule has 2 amide bonds. The first-order valence-corrected chi connectivity index (χ1v) is 8.47. The molecule has 0 unspecified atom stereocenters. The van der Waals surface area contributed by atoms with Gasteiger partial charge in [0.15, 0.2) is 0 Å². The lowest BCUT2D eigenvalue weighted by atomic mass is 10.2. The highest BCUT2D eigenvalue weighted by atomic mass is 19.4. The van der Waals surface area contributed by atoms with E-state index < -0.39 is 17.8 Å². The molecule has 0 radical (unpaired) electrons. The fourth-order valence-electron chi connectivity index (χ4n) is 3.14. The monoisotopic (exact) mass is 363 g/mol. The number of halogens is 3. The zero-order valence-electron chi connectivity index (χ0n) is 14.1. The average molecular weight is 363 g/mol. The third kappa shape index (κ3) is 4.47. The SMILES string of the molecule is O=C(NC[C@H]1CCCN1c1ccccc1)Nc1ccc(C(F)(F)F)cc1. The van der Waals surface area contributed by atoms with Crippen LogP contribution in [0, 0.1) is 0 Å². The third-order valence-corrected chi connectivity index (χ3v) is 4.43. The number of anilines is 2. The molecule has 1 aliphatic rings. The van der Waals surface area contributed by atoms with Crippen LogP contribution in [0.5, 0.6) is 0 Å². The molecule has 0 aliphatic carbocycles. The highest BCUT2D eigenvalue weighted by Crippen LogP contribution is 2.29. The first-order valence-electron chi connectivity index (χ1n) is 8.47. The van der Waals surface area contributed by atoms with Crippen molar-refractivity contribution in [2.24, 2.45) is 0 Å². The van der Waals surface area contributed by atoms with Gasteiger partial charge in [0.05, 0.1) is 5.56 Å². The molecule has 0 bridgehead atoms. The Balaban J connectivity index is 1.52. The van der Waals surface area contributed by atoms with Crippen molar-refractivity contribution < 1.29 is 18.0 Å².